The van der Waals surface area contributed by atoms with E-state index in [4.69, 9.17) is 16.3 Å². The van der Waals surface area contributed by atoms with E-state index in [1.54, 1.807) is 7.11 Å². The van der Waals surface area contributed by atoms with Gasteiger partial charge in [0.05, 0.1) is 7.11 Å². The topological polar surface area (TPSA) is 15.7 Å². The van der Waals surface area contributed by atoms with Crippen LogP contribution in [-0.2, 0) is 0 Å². The van der Waals surface area contributed by atoms with Gasteiger partial charge in [0.25, 0.3) is 0 Å². The molecule has 1 atom stereocenters. The lowest BCUT2D eigenvalue weighted by Crippen LogP contribution is -2.47. The second kappa shape index (κ2) is 7.24. The van der Waals surface area contributed by atoms with E-state index < -0.39 is 0 Å². The zero-order valence-corrected chi connectivity index (χ0v) is 14.5. The molecule has 23 heavy (non-hydrogen) atoms. The van der Waals surface area contributed by atoms with Gasteiger partial charge in [0, 0.05) is 42.9 Å². The summed E-state index contributed by atoms with van der Waals surface area (Å²) in [5, 5.41) is 0.859. The number of hydrogen-bond acceptors (Lipinski definition) is 3. The van der Waals surface area contributed by atoms with Gasteiger partial charge in [-0.25, -0.2) is 0 Å². The lowest BCUT2D eigenvalue weighted by Gasteiger charge is -2.39. The smallest absolute Gasteiger partial charge is 0.119 e. The molecular weight excluding hydrogens is 308 g/mol. The molecular formula is C19H23ClN2O. The minimum absolute atomic E-state index is 0.349. The molecule has 3 nitrogen and oxygen atoms in total. The van der Waals surface area contributed by atoms with Crippen molar-refractivity contribution in [2.45, 2.75) is 13.0 Å². The van der Waals surface area contributed by atoms with Crippen molar-refractivity contribution in [3.63, 3.8) is 0 Å². The van der Waals surface area contributed by atoms with Crippen LogP contribution in [0.15, 0.2) is 48.5 Å². The highest BCUT2D eigenvalue weighted by molar-refractivity contribution is 6.31. The molecule has 0 saturated carbocycles. The average Bonchev–Trinajstić information content (AvgIpc) is 2.62. The number of benzene rings is 2. The second-order valence-corrected chi connectivity index (χ2v) is 6.33. The van der Waals surface area contributed by atoms with E-state index in [1.807, 2.05) is 24.3 Å². The molecule has 0 aromatic heterocycles. The normalized spacial score (nSPS) is 17.1. The van der Waals surface area contributed by atoms with Crippen LogP contribution in [0.25, 0.3) is 0 Å². The van der Waals surface area contributed by atoms with Gasteiger partial charge in [0.1, 0.15) is 5.75 Å². The summed E-state index contributed by atoms with van der Waals surface area (Å²) in [7, 11) is 1.70. The molecule has 1 aliphatic rings. The Morgan fingerprint density at radius 1 is 0.957 bits per heavy atom. The maximum absolute atomic E-state index is 6.34. The van der Waals surface area contributed by atoms with Gasteiger partial charge >= 0.3 is 0 Å². The van der Waals surface area contributed by atoms with Gasteiger partial charge in [0.15, 0.2) is 0 Å². The summed E-state index contributed by atoms with van der Waals surface area (Å²) in [5.74, 6) is 0.903. The SMILES string of the molecule is COc1ccc(N2CCN(C(C)c3ccccc3Cl)CC2)cc1. The Labute approximate surface area is 143 Å². The maximum Gasteiger partial charge on any atom is 0.119 e. The van der Waals surface area contributed by atoms with Crippen molar-refractivity contribution in [2.24, 2.45) is 0 Å². The molecule has 1 aliphatic heterocycles. The van der Waals surface area contributed by atoms with Crippen LogP contribution in [0.2, 0.25) is 5.02 Å². The number of nitrogens with zero attached hydrogens (tertiary/aromatic N) is 2. The van der Waals surface area contributed by atoms with Crippen molar-refractivity contribution in [1.29, 1.82) is 0 Å². The summed E-state index contributed by atoms with van der Waals surface area (Å²) >= 11 is 6.34. The molecule has 1 heterocycles. The van der Waals surface area contributed by atoms with Crippen molar-refractivity contribution in [3.05, 3.63) is 59.1 Å². The van der Waals surface area contributed by atoms with E-state index in [0.717, 1.165) is 37.0 Å². The monoisotopic (exact) mass is 330 g/mol. The lowest BCUT2D eigenvalue weighted by atomic mass is 10.1. The summed E-state index contributed by atoms with van der Waals surface area (Å²) in [4.78, 5) is 4.93. The third-order valence-corrected chi connectivity index (χ3v) is 5.00. The lowest BCUT2D eigenvalue weighted by molar-refractivity contribution is 0.198. The van der Waals surface area contributed by atoms with Crippen LogP contribution in [0.5, 0.6) is 5.75 Å². The Kier molecular flexibility index (Phi) is 5.09. The van der Waals surface area contributed by atoms with Crippen LogP contribution < -0.4 is 9.64 Å². The average molecular weight is 331 g/mol. The molecule has 0 aliphatic carbocycles. The summed E-state index contributed by atoms with van der Waals surface area (Å²) in [6.45, 7) is 6.38. The van der Waals surface area contributed by atoms with Gasteiger partial charge in [0.2, 0.25) is 0 Å². The van der Waals surface area contributed by atoms with E-state index in [1.165, 1.54) is 11.3 Å². The number of halogens is 1. The Balaban J connectivity index is 1.62. The van der Waals surface area contributed by atoms with Crippen LogP contribution >= 0.6 is 11.6 Å². The Bertz CT molecular complexity index is 636. The zero-order chi connectivity index (χ0) is 16.2. The highest BCUT2D eigenvalue weighted by Gasteiger charge is 2.23. The molecule has 0 radical (unpaired) electrons. The number of ether oxygens (including phenoxy) is 1. The largest absolute Gasteiger partial charge is 0.497 e. The van der Waals surface area contributed by atoms with Crippen molar-refractivity contribution in [3.8, 4) is 5.75 Å². The predicted molar refractivity (Wildman–Crippen MR) is 96.6 cm³/mol. The minimum atomic E-state index is 0.349. The first-order chi connectivity index (χ1) is 11.2. The third kappa shape index (κ3) is 3.62. The highest BCUT2D eigenvalue weighted by atomic mass is 35.5. The molecule has 0 N–H and O–H groups in total. The van der Waals surface area contributed by atoms with Crippen molar-refractivity contribution in [1.82, 2.24) is 4.90 Å². The molecule has 4 heteroatoms. The van der Waals surface area contributed by atoms with Crippen molar-refractivity contribution < 1.29 is 4.74 Å². The standard InChI is InChI=1S/C19H23ClN2O/c1-15(18-5-3-4-6-19(18)20)21-11-13-22(14-12-21)16-7-9-17(23-2)10-8-16/h3-10,15H,11-14H2,1-2H3. The fraction of sp³-hybridized carbons (Fsp3) is 0.368. The van der Waals surface area contributed by atoms with Gasteiger partial charge < -0.3 is 9.64 Å². The number of rotatable bonds is 4. The Morgan fingerprint density at radius 3 is 2.22 bits per heavy atom. The molecule has 2 aromatic rings. The number of anilines is 1. The zero-order valence-electron chi connectivity index (χ0n) is 13.7. The van der Waals surface area contributed by atoms with Gasteiger partial charge in [-0.05, 0) is 42.8 Å². The van der Waals surface area contributed by atoms with Crippen LogP contribution in [0, 0.1) is 0 Å². The van der Waals surface area contributed by atoms with Crippen molar-refractivity contribution in [2.75, 3.05) is 38.2 Å². The fourth-order valence-electron chi connectivity index (χ4n) is 3.17. The van der Waals surface area contributed by atoms with Gasteiger partial charge in [-0.2, -0.15) is 0 Å². The predicted octanol–water partition coefficient (Wildman–Crippen LogP) is 4.23. The van der Waals surface area contributed by atoms with E-state index >= 15 is 0 Å². The molecule has 0 amide bonds. The van der Waals surface area contributed by atoms with E-state index in [-0.39, 0.29) is 0 Å². The van der Waals surface area contributed by atoms with Gasteiger partial charge in [-0.1, -0.05) is 29.8 Å². The van der Waals surface area contributed by atoms with Crippen LogP contribution in [0.1, 0.15) is 18.5 Å². The minimum Gasteiger partial charge on any atom is -0.497 e. The molecule has 3 rings (SSSR count). The van der Waals surface area contributed by atoms with Crippen molar-refractivity contribution >= 4 is 17.3 Å². The molecule has 122 valence electrons. The molecule has 2 aromatic carbocycles. The van der Waals surface area contributed by atoms with Crippen LogP contribution in [-0.4, -0.2) is 38.2 Å². The highest BCUT2D eigenvalue weighted by Crippen LogP contribution is 2.29. The van der Waals surface area contributed by atoms with E-state index in [2.05, 4.69) is 41.0 Å². The summed E-state index contributed by atoms with van der Waals surface area (Å²) in [6.07, 6.45) is 0. The van der Waals surface area contributed by atoms with Gasteiger partial charge in [-0.15, -0.1) is 0 Å². The quantitative estimate of drug-likeness (QED) is 0.834. The maximum atomic E-state index is 6.34. The molecule has 0 bridgehead atoms. The Hall–Kier alpha value is -1.71. The van der Waals surface area contributed by atoms with E-state index in [0.29, 0.717) is 6.04 Å². The molecule has 1 unspecified atom stereocenters. The molecule has 0 spiro atoms. The second-order valence-electron chi connectivity index (χ2n) is 5.92. The van der Waals surface area contributed by atoms with Crippen LogP contribution in [0.3, 0.4) is 0 Å². The fourth-order valence-corrected chi connectivity index (χ4v) is 3.46. The summed E-state index contributed by atoms with van der Waals surface area (Å²) in [6, 6.07) is 16.8. The third-order valence-electron chi connectivity index (χ3n) is 4.65. The Morgan fingerprint density at radius 2 is 1.61 bits per heavy atom. The number of methoxy groups -OCH3 is 1. The first kappa shape index (κ1) is 16.2. The summed E-state index contributed by atoms with van der Waals surface area (Å²) in [5.41, 5.74) is 2.47. The summed E-state index contributed by atoms with van der Waals surface area (Å²) < 4.78 is 5.23. The first-order valence-electron chi connectivity index (χ1n) is 8.06. The number of hydrogen-bond donors (Lipinski definition) is 0. The first-order valence-corrected chi connectivity index (χ1v) is 8.44. The van der Waals surface area contributed by atoms with Crippen LogP contribution in [0.4, 0.5) is 5.69 Å². The number of piperazine rings is 1. The molecule has 1 fully saturated rings. The molecule has 1 saturated heterocycles. The van der Waals surface area contributed by atoms with E-state index in [9.17, 15) is 0 Å². The van der Waals surface area contributed by atoms with Gasteiger partial charge in [-0.3, -0.25) is 4.90 Å².